The van der Waals surface area contributed by atoms with Crippen LogP contribution in [0.15, 0.2) is 36.4 Å². The van der Waals surface area contributed by atoms with E-state index in [0.29, 0.717) is 16.8 Å². The number of rotatable bonds is 3. The van der Waals surface area contributed by atoms with Crippen LogP contribution in [-0.4, -0.2) is 10.9 Å². The molecular weight excluding hydrogens is 280 g/mol. The summed E-state index contributed by atoms with van der Waals surface area (Å²) in [5.41, 5.74) is 10.7. The molecule has 0 unspecified atom stereocenters. The zero-order chi connectivity index (χ0) is 15.6. The molecule has 0 saturated carbocycles. The maximum Gasteiger partial charge on any atom is 0.256 e. The van der Waals surface area contributed by atoms with Gasteiger partial charge in [-0.3, -0.25) is 4.79 Å². The largest absolute Gasteiger partial charge is 0.389 e. The van der Waals surface area contributed by atoms with Gasteiger partial charge in [-0.1, -0.05) is 42.0 Å². The van der Waals surface area contributed by atoms with Gasteiger partial charge in [0.1, 0.15) is 4.99 Å². The summed E-state index contributed by atoms with van der Waals surface area (Å²) < 4.78 is 0. The zero-order valence-corrected chi connectivity index (χ0v) is 13.2. The van der Waals surface area contributed by atoms with E-state index < -0.39 is 0 Å². The lowest BCUT2D eigenvalue weighted by Gasteiger charge is -2.13. The van der Waals surface area contributed by atoms with Gasteiger partial charge in [-0.25, -0.2) is 0 Å². The van der Waals surface area contributed by atoms with Crippen LogP contribution in [0.5, 0.6) is 0 Å². The average molecular weight is 298 g/mol. The van der Waals surface area contributed by atoms with Gasteiger partial charge < -0.3 is 11.1 Å². The Bertz CT molecular complexity index is 699. The van der Waals surface area contributed by atoms with Crippen molar-refractivity contribution in [1.82, 2.24) is 0 Å². The average Bonchev–Trinajstić information content (AvgIpc) is 2.37. The van der Waals surface area contributed by atoms with Gasteiger partial charge in [0.15, 0.2) is 0 Å². The summed E-state index contributed by atoms with van der Waals surface area (Å²) in [7, 11) is 0. The van der Waals surface area contributed by atoms with E-state index in [1.165, 1.54) is 0 Å². The summed E-state index contributed by atoms with van der Waals surface area (Å²) >= 11 is 5.01. The van der Waals surface area contributed by atoms with E-state index in [1.807, 2.05) is 45.0 Å². The van der Waals surface area contributed by atoms with Crippen LogP contribution in [0.1, 0.15) is 32.6 Å². The lowest BCUT2D eigenvalue weighted by molar-refractivity contribution is 0.102. The van der Waals surface area contributed by atoms with Crippen molar-refractivity contribution in [2.24, 2.45) is 5.73 Å². The van der Waals surface area contributed by atoms with Gasteiger partial charge in [0.25, 0.3) is 5.91 Å². The number of amides is 1. The van der Waals surface area contributed by atoms with Crippen molar-refractivity contribution >= 4 is 28.8 Å². The standard InChI is InChI=1S/C17H18N2OS/c1-10-8-11(2)15(12(3)9-10)17(20)19-14-7-5-4-6-13(14)16(18)21/h4-9H,1-3H3,(H2,18,21)(H,19,20). The number of hydrogen-bond donors (Lipinski definition) is 2. The number of para-hydroxylation sites is 1. The molecule has 0 radical (unpaired) electrons. The van der Waals surface area contributed by atoms with Gasteiger partial charge in [0.05, 0.1) is 5.69 Å². The third kappa shape index (κ3) is 3.28. The molecule has 0 saturated heterocycles. The first-order valence-corrected chi connectivity index (χ1v) is 7.09. The maximum absolute atomic E-state index is 12.5. The fourth-order valence-electron chi connectivity index (χ4n) is 2.53. The maximum atomic E-state index is 12.5. The van der Waals surface area contributed by atoms with Crippen LogP contribution in [0.3, 0.4) is 0 Å². The van der Waals surface area contributed by atoms with Crippen molar-refractivity contribution in [3.05, 3.63) is 64.2 Å². The highest BCUT2D eigenvalue weighted by molar-refractivity contribution is 7.80. The molecule has 0 aromatic heterocycles. The van der Waals surface area contributed by atoms with Crippen molar-refractivity contribution in [2.75, 3.05) is 5.32 Å². The minimum Gasteiger partial charge on any atom is -0.389 e. The molecule has 0 spiro atoms. The van der Waals surface area contributed by atoms with Crippen molar-refractivity contribution in [3.63, 3.8) is 0 Å². The first-order valence-electron chi connectivity index (χ1n) is 6.68. The van der Waals surface area contributed by atoms with Crippen molar-refractivity contribution < 1.29 is 4.79 Å². The lowest BCUT2D eigenvalue weighted by Crippen LogP contribution is -2.19. The van der Waals surface area contributed by atoms with E-state index in [9.17, 15) is 4.79 Å². The minimum atomic E-state index is -0.145. The molecule has 0 aliphatic carbocycles. The molecule has 0 fully saturated rings. The Labute approximate surface area is 130 Å². The van der Waals surface area contributed by atoms with Gasteiger partial charge in [0.2, 0.25) is 0 Å². The Morgan fingerprint density at radius 3 is 2.24 bits per heavy atom. The Hall–Kier alpha value is -2.20. The van der Waals surface area contributed by atoms with Gasteiger partial charge >= 0.3 is 0 Å². The molecular formula is C17H18N2OS. The second-order valence-corrected chi connectivity index (χ2v) is 5.58. The van der Waals surface area contributed by atoms with Crippen molar-refractivity contribution in [3.8, 4) is 0 Å². The smallest absolute Gasteiger partial charge is 0.256 e. The molecule has 2 aromatic carbocycles. The van der Waals surface area contributed by atoms with E-state index in [1.54, 1.807) is 12.1 Å². The summed E-state index contributed by atoms with van der Waals surface area (Å²) in [6.45, 7) is 5.90. The number of aryl methyl sites for hydroxylation is 3. The van der Waals surface area contributed by atoms with Crippen molar-refractivity contribution in [2.45, 2.75) is 20.8 Å². The zero-order valence-electron chi connectivity index (χ0n) is 12.4. The van der Waals surface area contributed by atoms with Crippen LogP contribution in [-0.2, 0) is 0 Å². The van der Waals surface area contributed by atoms with E-state index in [4.69, 9.17) is 18.0 Å². The van der Waals surface area contributed by atoms with Crippen LogP contribution in [0.2, 0.25) is 0 Å². The molecule has 21 heavy (non-hydrogen) atoms. The number of nitrogens with one attached hydrogen (secondary N) is 1. The number of anilines is 1. The number of nitrogens with two attached hydrogens (primary N) is 1. The summed E-state index contributed by atoms with van der Waals surface area (Å²) in [5, 5.41) is 2.90. The van der Waals surface area contributed by atoms with Gasteiger partial charge in [-0.05, 0) is 44.0 Å². The fourth-order valence-corrected chi connectivity index (χ4v) is 2.71. The second kappa shape index (κ2) is 6.06. The lowest BCUT2D eigenvalue weighted by atomic mass is 9.99. The normalized spacial score (nSPS) is 10.2. The Morgan fingerprint density at radius 2 is 1.67 bits per heavy atom. The molecule has 1 amide bonds. The Morgan fingerprint density at radius 1 is 1.10 bits per heavy atom. The van der Waals surface area contributed by atoms with Crippen molar-refractivity contribution in [1.29, 1.82) is 0 Å². The fraction of sp³-hybridized carbons (Fsp3) is 0.176. The summed E-state index contributed by atoms with van der Waals surface area (Å²) in [6, 6.07) is 11.3. The SMILES string of the molecule is Cc1cc(C)c(C(=O)Nc2ccccc2C(N)=S)c(C)c1. The molecule has 108 valence electrons. The van der Waals surface area contributed by atoms with Gasteiger partial charge in [-0.15, -0.1) is 0 Å². The molecule has 2 rings (SSSR count). The minimum absolute atomic E-state index is 0.145. The third-order valence-electron chi connectivity index (χ3n) is 3.34. The number of carbonyl (C=O) groups excluding carboxylic acids is 1. The molecule has 0 aliphatic heterocycles. The van der Waals surface area contributed by atoms with E-state index in [2.05, 4.69) is 5.32 Å². The molecule has 0 bridgehead atoms. The summed E-state index contributed by atoms with van der Waals surface area (Å²) in [5.74, 6) is -0.145. The Kier molecular flexibility index (Phi) is 4.38. The first-order chi connectivity index (χ1) is 9.90. The van der Waals surface area contributed by atoms with Crippen LogP contribution in [0, 0.1) is 20.8 Å². The van der Waals surface area contributed by atoms with Gasteiger partial charge in [-0.2, -0.15) is 0 Å². The van der Waals surface area contributed by atoms with Crippen LogP contribution in [0.4, 0.5) is 5.69 Å². The van der Waals surface area contributed by atoms with Crippen LogP contribution < -0.4 is 11.1 Å². The number of hydrogen-bond acceptors (Lipinski definition) is 2. The molecule has 4 heteroatoms. The van der Waals surface area contributed by atoms with E-state index >= 15 is 0 Å². The molecule has 0 heterocycles. The predicted molar refractivity (Wildman–Crippen MR) is 90.9 cm³/mol. The van der Waals surface area contributed by atoms with Gasteiger partial charge in [0, 0.05) is 11.1 Å². The van der Waals surface area contributed by atoms with E-state index in [-0.39, 0.29) is 10.9 Å². The topological polar surface area (TPSA) is 55.1 Å². The molecule has 0 atom stereocenters. The monoisotopic (exact) mass is 298 g/mol. The summed E-state index contributed by atoms with van der Waals surface area (Å²) in [6.07, 6.45) is 0. The summed E-state index contributed by atoms with van der Waals surface area (Å²) in [4.78, 5) is 12.8. The molecule has 3 N–H and O–H groups in total. The predicted octanol–water partition coefficient (Wildman–Crippen LogP) is 3.50. The Balaban J connectivity index is 2.38. The highest BCUT2D eigenvalue weighted by atomic mass is 32.1. The molecule has 0 aliphatic rings. The highest BCUT2D eigenvalue weighted by Crippen LogP contribution is 2.20. The number of thiocarbonyl (C=S) groups is 1. The quantitative estimate of drug-likeness (QED) is 0.853. The number of benzene rings is 2. The first kappa shape index (κ1) is 15.2. The third-order valence-corrected chi connectivity index (χ3v) is 3.56. The van der Waals surface area contributed by atoms with Crippen LogP contribution in [0.25, 0.3) is 0 Å². The van der Waals surface area contributed by atoms with Crippen LogP contribution >= 0.6 is 12.2 Å². The molecule has 3 nitrogen and oxygen atoms in total. The van der Waals surface area contributed by atoms with E-state index in [0.717, 1.165) is 16.7 Å². The highest BCUT2D eigenvalue weighted by Gasteiger charge is 2.15. The second-order valence-electron chi connectivity index (χ2n) is 5.14. The number of carbonyl (C=O) groups is 1. The molecule has 2 aromatic rings.